The van der Waals surface area contributed by atoms with E-state index in [1.165, 1.54) is 16.9 Å². The zero-order chi connectivity index (χ0) is 21.2. The van der Waals surface area contributed by atoms with Crippen LogP contribution in [-0.4, -0.2) is 45.9 Å². The number of amides is 2. The highest BCUT2D eigenvalue weighted by atomic mass is 32.2. The molecule has 29 heavy (non-hydrogen) atoms. The first kappa shape index (κ1) is 20.8. The van der Waals surface area contributed by atoms with Crippen LogP contribution in [-0.2, 0) is 22.9 Å². The molecule has 3 rings (SSSR count). The largest absolute Gasteiger partial charge is 0.330 e. The molecule has 10 nitrogen and oxygen atoms in total. The number of aromatic nitrogens is 5. The molecule has 0 aliphatic carbocycles. The van der Waals surface area contributed by atoms with E-state index >= 15 is 0 Å². The van der Waals surface area contributed by atoms with Crippen molar-refractivity contribution in [1.29, 1.82) is 0 Å². The normalized spacial score (nSPS) is 11.4. The number of hydrogen-bond acceptors (Lipinski definition) is 8. The lowest BCUT2D eigenvalue weighted by Gasteiger charge is -2.04. The van der Waals surface area contributed by atoms with Crippen molar-refractivity contribution in [3.8, 4) is 10.4 Å². The third kappa shape index (κ3) is 4.92. The van der Waals surface area contributed by atoms with Crippen molar-refractivity contribution in [1.82, 2.24) is 30.5 Å². The van der Waals surface area contributed by atoms with Crippen molar-refractivity contribution in [2.45, 2.75) is 31.8 Å². The Morgan fingerprint density at radius 1 is 1.34 bits per heavy atom. The van der Waals surface area contributed by atoms with E-state index in [1.54, 1.807) is 6.92 Å². The predicted molar refractivity (Wildman–Crippen MR) is 105 cm³/mol. The topological polar surface area (TPSA) is 132 Å². The van der Waals surface area contributed by atoms with Gasteiger partial charge in [0, 0.05) is 6.26 Å². The van der Waals surface area contributed by atoms with Gasteiger partial charge < -0.3 is 5.32 Å². The average Bonchev–Trinajstić information content (AvgIpc) is 3.25. The Hall–Kier alpha value is -2.93. The zero-order valence-corrected chi connectivity index (χ0v) is 17.4. The van der Waals surface area contributed by atoms with Crippen molar-refractivity contribution in [2.75, 3.05) is 11.6 Å². The Balaban J connectivity index is 1.70. The van der Waals surface area contributed by atoms with Gasteiger partial charge in [0.25, 0.3) is 0 Å². The van der Waals surface area contributed by atoms with Crippen LogP contribution in [0, 0.1) is 12.7 Å². The van der Waals surface area contributed by atoms with E-state index in [0.29, 0.717) is 33.6 Å². The quantitative estimate of drug-likeness (QED) is 0.600. The highest BCUT2D eigenvalue weighted by molar-refractivity contribution is 7.90. The number of carbonyl (C=O) groups excluding carboxylic acids is 1. The first-order valence-electron chi connectivity index (χ1n) is 8.46. The molecule has 0 aliphatic rings. The van der Waals surface area contributed by atoms with Crippen molar-refractivity contribution >= 4 is 32.3 Å². The first-order valence-corrected chi connectivity index (χ1v) is 11.2. The lowest BCUT2D eigenvalue weighted by atomic mass is 10.1. The van der Waals surface area contributed by atoms with Crippen LogP contribution in [0.5, 0.6) is 0 Å². The number of halogens is 1. The minimum Gasteiger partial charge on any atom is -0.330 e. The number of hydrogen-bond donors (Lipinski definition) is 2. The molecule has 0 spiro atoms. The van der Waals surface area contributed by atoms with Gasteiger partial charge in [0.1, 0.15) is 10.7 Å². The molecule has 0 saturated heterocycles. The molecule has 0 atom stereocenters. The maximum absolute atomic E-state index is 14.2. The molecule has 0 bridgehead atoms. The number of thiazole rings is 1. The number of tetrazole rings is 1. The molecule has 0 saturated carbocycles. The van der Waals surface area contributed by atoms with Gasteiger partial charge >= 0.3 is 6.03 Å². The molecular weight excluding hydrogens is 421 g/mol. The van der Waals surface area contributed by atoms with Gasteiger partial charge in [-0.05, 0) is 36.8 Å². The van der Waals surface area contributed by atoms with Crippen LogP contribution >= 0.6 is 11.3 Å². The molecule has 3 aromatic rings. The van der Waals surface area contributed by atoms with E-state index < -0.39 is 21.7 Å². The summed E-state index contributed by atoms with van der Waals surface area (Å²) < 4.78 is 37.3. The van der Waals surface area contributed by atoms with E-state index in [4.69, 9.17) is 0 Å². The fraction of sp³-hybridized carbons (Fsp3) is 0.312. The van der Waals surface area contributed by atoms with Gasteiger partial charge in [0.2, 0.25) is 0 Å². The minimum atomic E-state index is -3.65. The number of anilines is 1. The van der Waals surface area contributed by atoms with Crippen LogP contribution in [0.1, 0.15) is 18.4 Å². The van der Waals surface area contributed by atoms with Crippen molar-refractivity contribution in [3.05, 3.63) is 35.5 Å². The third-order valence-electron chi connectivity index (χ3n) is 3.79. The summed E-state index contributed by atoms with van der Waals surface area (Å²) in [5.41, 5.74) is 1.04. The monoisotopic (exact) mass is 439 g/mol. The summed E-state index contributed by atoms with van der Waals surface area (Å²) in [6, 6.07) is 3.36. The second-order valence-electron chi connectivity index (χ2n) is 6.05. The summed E-state index contributed by atoms with van der Waals surface area (Å²) >= 11 is 1.15. The van der Waals surface area contributed by atoms with Gasteiger partial charge in [-0.1, -0.05) is 17.4 Å². The Labute approximate surface area is 170 Å². The molecule has 1 aromatic carbocycles. The summed E-state index contributed by atoms with van der Waals surface area (Å²) in [5.74, 6) is -0.461. The number of nitrogens with zero attached hydrogens (tertiary/aromatic N) is 5. The third-order valence-corrected chi connectivity index (χ3v) is 6.05. The molecular formula is C16H18FN7O3S2. The molecule has 13 heteroatoms. The number of rotatable bonds is 6. The van der Waals surface area contributed by atoms with E-state index in [-0.39, 0.29) is 11.4 Å². The van der Waals surface area contributed by atoms with Gasteiger partial charge in [-0.25, -0.2) is 22.6 Å². The second kappa shape index (κ2) is 8.21. The minimum absolute atomic E-state index is 0.0984. The van der Waals surface area contributed by atoms with E-state index in [1.807, 2.05) is 6.92 Å². The van der Waals surface area contributed by atoms with Crippen LogP contribution in [0.25, 0.3) is 10.4 Å². The standard InChI is InChI=1S/C16H18FN7O3S2/c1-4-24-22-13(21-23-24)8-18-15(25)20-16-19-9(2)14(28-16)10-5-6-12(11(17)7-10)29(3,26)27/h5-7H,4,8H2,1-3H3,(H2,18,19,20,25). The summed E-state index contributed by atoms with van der Waals surface area (Å²) in [6.45, 7) is 4.26. The van der Waals surface area contributed by atoms with Gasteiger partial charge in [-0.15, -0.1) is 10.2 Å². The number of aryl methyl sites for hydroxylation is 2. The highest BCUT2D eigenvalue weighted by Crippen LogP contribution is 2.34. The van der Waals surface area contributed by atoms with Gasteiger partial charge in [-0.3, -0.25) is 5.32 Å². The molecule has 0 aliphatic heterocycles. The van der Waals surface area contributed by atoms with Crippen molar-refractivity contribution < 1.29 is 17.6 Å². The fourth-order valence-corrected chi connectivity index (χ4v) is 4.13. The number of nitrogens with one attached hydrogen (secondary N) is 2. The SMILES string of the molecule is CCn1nnc(CNC(=O)Nc2nc(C)c(-c3ccc(S(C)(=O)=O)c(F)c3)s2)n1. The molecule has 2 aromatic heterocycles. The Bertz CT molecular complexity index is 1160. The van der Waals surface area contributed by atoms with Crippen LogP contribution < -0.4 is 10.6 Å². The van der Waals surface area contributed by atoms with Gasteiger partial charge in [-0.2, -0.15) is 4.80 Å². The van der Waals surface area contributed by atoms with Crippen LogP contribution in [0.4, 0.5) is 14.3 Å². The van der Waals surface area contributed by atoms with Crippen LogP contribution in [0.15, 0.2) is 23.1 Å². The summed E-state index contributed by atoms with van der Waals surface area (Å²) in [5, 5.41) is 17.2. The first-order chi connectivity index (χ1) is 13.7. The molecule has 0 unspecified atom stereocenters. The number of benzene rings is 1. The number of sulfone groups is 1. The molecule has 0 radical (unpaired) electrons. The summed E-state index contributed by atoms with van der Waals surface area (Å²) in [6.07, 6.45) is 0.946. The van der Waals surface area contributed by atoms with E-state index in [0.717, 1.165) is 23.7 Å². The van der Waals surface area contributed by atoms with Crippen LogP contribution in [0.3, 0.4) is 0 Å². The maximum atomic E-state index is 14.2. The predicted octanol–water partition coefficient (Wildman–Crippen LogP) is 1.99. The average molecular weight is 439 g/mol. The molecule has 2 heterocycles. The summed E-state index contributed by atoms with van der Waals surface area (Å²) in [7, 11) is -3.65. The molecule has 0 fully saturated rings. The molecule has 154 valence electrons. The van der Waals surface area contributed by atoms with E-state index in [2.05, 4.69) is 31.0 Å². The molecule has 2 N–H and O–H groups in total. The highest BCUT2D eigenvalue weighted by Gasteiger charge is 2.17. The van der Waals surface area contributed by atoms with Crippen molar-refractivity contribution in [3.63, 3.8) is 0 Å². The van der Waals surface area contributed by atoms with Crippen LogP contribution in [0.2, 0.25) is 0 Å². The smallest absolute Gasteiger partial charge is 0.321 e. The lowest BCUT2D eigenvalue weighted by Crippen LogP contribution is -2.28. The number of urea groups is 1. The Morgan fingerprint density at radius 2 is 2.10 bits per heavy atom. The van der Waals surface area contributed by atoms with E-state index in [9.17, 15) is 17.6 Å². The molecule has 2 amide bonds. The lowest BCUT2D eigenvalue weighted by molar-refractivity contribution is 0.251. The second-order valence-corrected chi connectivity index (χ2v) is 9.04. The van der Waals surface area contributed by atoms with Gasteiger partial charge in [0.15, 0.2) is 20.8 Å². The van der Waals surface area contributed by atoms with Gasteiger partial charge in [0.05, 0.1) is 23.7 Å². The van der Waals surface area contributed by atoms with Crippen molar-refractivity contribution in [2.24, 2.45) is 0 Å². The zero-order valence-electron chi connectivity index (χ0n) is 15.8. The summed E-state index contributed by atoms with van der Waals surface area (Å²) in [4.78, 5) is 18.0. The Kier molecular flexibility index (Phi) is 5.88. The fourth-order valence-electron chi connectivity index (χ4n) is 2.44. The number of carbonyl (C=O) groups is 1. The maximum Gasteiger partial charge on any atom is 0.321 e. The Morgan fingerprint density at radius 3 is 2.72 bits per heavy atom.